The van der Waals surface area contributed by atoms with Gasteiger partial charge in [0.05, 0.1) is 23.3 Å². The molecule has 2 atom stereocenters. The quantitative estimate of drug-likeness (QED) is 0.166. The second-order valence-corrected chi connectivity index (χ2v) is 10.3. The Morgan fingerprint density at radius 2 is 1.13 bits per heavy atom. The predicted octanol–water partition coefficient (Wildman–Crippen LogP) is 8.53. The Morgan fingerprint density at radius 3 is 1.63 bits per heavy atom. The number of benzene rings is 4. The van der Waals surface area contributed by atoms with Crippen molar-refractivity contribution in [3.63, 3.8) is 0 Å². The van der Waals surface area contributed by atoms with Crippen LogP contribution in [0, 0.1) is 45.3 Å². The molecule has 0 fully saturated rings. The lowest BCUT2D eigenvalue weighted by molar-refractivity contribution is -0.275. The highest BCUT2D eigenvalue weighted by atomic mass is 19.4. The first kappa shape index (κ1) is 29.8. The van der Waals surface area contributed by atoms with Gasteiger partial charge in [-0.3, -0.25) is 0 Å². The van der Waals surface area contributed by atoms with Crippen LogP contribution in [0.4, 0.5) is 26.3 Å². The average Bonchev–Trinajstić information content (AvgIpc) is 3.51. The zero-order valence-electron chi connectivity index (χ0n) is 23.0. The van der Waals surface area contributed by atoms with Gasteiger partial charge in [-0.05, 0) is 80.8 Å². The summed E-state index contributed by atoms with van der Waals surface area (Å²) in [6.45, 7) is 0. The van der Waals surface area contributed by atoms with Gasteiger partial charge in [0.1, 0.15) is 29.2 Å². The Morgan fingerprint density at radius 1 is 0.609 bits per heavy atom. The summed E-state index contributed by atoms with van der Waals surface area (Å²) < 4.78 is 85.5. The summed E-state index contributed by atoms with van der Waals surface area (Å²) >= 11 is 0. The topological polar surface area (TPSA) is 114 Å². The molecule has 4 aromatic rings. The molecule has 4 aromatic carbocycles. The van der Waals surface area contributed by atoms with Crippen LogP contribution in [-0.2, 0) is 0 Å². The van der Waals surface area contributed by atoms with E-state index in [1.165, 1.54) is 30.3 Å². The van der Waals surface area contributed by atoms with Gasteiger partial charge < -0.3 is 9.47 Å². The van der Waals surface area contributed by atoms with Crippen LogP contribution in [0.5, 0.6) is 11.5 Å². The average molecular weight is 625 g/mol. The third kappa shape index (κ3) is 4.93. The van der Waals surface area contributed by atoms with Crippen molar-refractivity contribution in [3.05, 3.63) is 117 Å². The molecule has 0 aromatic heterocycles. The van der Waals surface area contributed by atoms with Gasteiger partial charge in [0.2, 0.25) is 0 Å². The molecular formula is C34H14F6N4O2. The number of fused-ring (bicyclic) bond motifs is 3. The van der Waals surface area contributed by atoms with Gasteiger partial charge in [0.15, 0.2) is 0 Å². The van der Waals surface area contributed by atoms with Crippen molar-refractivity contribution >= 4 is 21.9 Å². The van der Waals surface area contributed by atoms with E-state index in [-0.39, 0.29) is 22.3 Å². The second kappa shape index (κ2) is 10.7. The molecule has 0 saturated carbocycles. The Balaban J connectivity index is 1.67. The summed E-state index contributed by atoms with van der Waals surface area (Å²) in [5.41, 5.74) is 3.23. The van der Waals surface area contributed by atoms with E-state index in [0.29, 0.717) is 44.2 Å². The maximum absolute atomic E-state index is 12.9. The van der Waals surface area contributed by atoms with Crippen molar-refractivity contribution < 1.29 is 35.8 Å². The van der Waals surface area contributed by atoms with E-state index in [2.05, 4.69) is 21.6 Å². The second-order valence-electron chi connectivity index (χ2n) is 10.3. The van der Waals surface area contributed by atoms with Crippen molar-refractivity contribution in [2.45, 2.75) is 24.6 Å². The number of rotatable bonds is 4. The van der Waals surface area contributed by atoms with Gasteiger partial charge in [-0.1, -0.05) is 36.4 Å². The molecule has 0 aliphatic heterocycles. The lowest BCUT2D eigenvalue weighted by Gasteiger charge is -2.23. The molecule has 0 heterocycles. The van der Waals surface area contributed by atoms with E-state index in [1.807, 2.05) is 12.1 Å². The fourth-order valence-corrected chi connectivity index (χ4v) is 6.41. The summed E-state index contributed by atoms with van der Waals surface area (Å²) in [6.07, 6.45) is -9.90. The normalized spacial score (nSPS) is 16.7. The minimum atomic E-state index is -4.95. The monoisotopic (exact) mass is 624 g/mol. The number of nitrogens with zero attached hydrogens (tertiary/aromatic N) is 4. The van der Waals surface area contributed by atoms with E-state index in [1.54, 1.807) is 18.2 Å². The molecule has 2 aliphatic carbocycles. The van der Waals surface area contributed by atoms with E-state index in [9.17, 15) is 47.4 Å². The first-order valence-electron chi connectivity index (χ1n) is 13.3. The van der Waals surface area contributed by atoms with Crippen molar-refractivity contribution in [3.8, 4) is 35.8 Å². The molecule has 0 radical (unpaired) electrons. The van der Waals surface area contributed by atoms with E-state index in [0.717, 1.165) is 24.3 Å². The van der Waals surface area contributed by atoms with E-state index < -0.39 is 36.1 Å². The minimum Gasteiger partial charge on any atom is -0.406 e. The highest BCUT2D eigenvalue weighted by molar-refractivity contribution is 6.17. The third-order valence-electron chi connectivity index (χ3n) is 7.90. The Bertz CT molecular complexity index is 2130. The zero-order valence-corrected chi connectivity index (χ0v) is 23.0. The molecule has 12 heteroatoms. The number of allylic oxidation sites excluding steroid dienone is 4. The fraction of sp³-hybridized carbons (Fsp3) is 0.118. The van der Waals surface area contributed by atoms with Crippen LogP contribution in [0.1, 0.15) is 45.2 Å². The lowest BCUT2D eigenvalue weighted by Crippen LogP contribution is -2.17. The van der Waals surface area contributed by atoms with Crippen molar-refractivity contribution in [2.24, 2.45) is 0 Å². The predicted molar refractivity (Wildman–Crippen MR) is 150 cm³/mol. The van der Waals surface area contributed by atoms with Crippen molar-refractivity contribution in [2.75, 3.05) is 0 Å². The number of alkyl halides is 6. The summed E-state index contributed by atoms with van der Waals surface area (Å²) in [5, 5.41) is 40.9. The van der Waals surface area contributed by atoms with Crippen LogP contribution in [0.3, 0.4) is 0 Å². The molecular weight excluding hydrogens is 610 g/mol. The Kier molecular flexibility index (Phi) is 6.96. The first-order chi connectivity index (χ1) is 21.9. The van der Waals surface area contributed by atoms with E-state index >= 15 is 0 Å². The van der Waals surface area contributed by atoms with E-state index in [4.69, 9.17) is 0 Å². The lowest BCUT2D eigenvalue weighted by atomic mass is 9.78. The van der Waals surface area contributed by atoms with Crippen LogP contribution in [0.2, 0.25) is 0 Å². The SMILES string of the molecule is N#CC(C#N)=C1C(c2ccc(OC(F)(F)F)cc2)=C2c3ccc(C#N)c4c(C#N)ccc(c34)C2C1c1ccc(OC(F)(F)F)cc1. The maximum Gasteiger partial charge on any atom is 0.573 e. The maximum atomic E-state index is 12.9. The van der Waals surface area contributed by atoms with Crippen LogP contribution >= 0.6 is 0 Å². The molecule has 0 saturated heterocycles. The third-order valence-corrected chi connectivity index (χ3v) is 7.90. The van der Waals surface area contributed by atoms with Crippen LogP contribution in [-0.4, -0.2) is 12.7 Å². The molecule has 2 aliphatic rings. The van der Waals surface area contributed by atoms with Crippen molar-refractivity contribution in [1.29, 1.82) is 21.0 Å². The molecule has 0 amide bonds. The van der Waals surface area contributed by atoms with Gasteiger partial charge in [-0.25, -0.2) is 0 Å². The number of ether oxygens (including phenoxy) is 2. The molecule has 2 unspecified atom stereocenters. The number of hydrogen-bond acceptors (Lipinski definition) is 6. The van der Waals surface area contributed by atoms with Crippen LogP contribution in [0.15, 0.2) is 83.9 Å². The minimum absolute atomic E-state index is 0.214. The van der Waals surface area contributed by atoms with Crippen molar-refractivity contribution in [1.82, 2.24) is 0 Å². The summed E-state index contributed by atoms with van der Waals surface area (Å²) in [4.78, 5) is 0. The van der Waals surface area contributed by atoms with Crippen LogP contribution < -0.4 is 9.47 Å². The first-order valence-corrected chi connectivity index (χ1v) is 13.3. The summed E-state index contributed by atoms with van der Waals surface area (Å²) in [5.74, 6) is -2.52. The molecule has 46 heavy (non-hydrogen) atoms. The molecule has 0 spiro atoms. The van der Waals surface area contributed by atoms with Gasteiger partial charge >= 0.3 is 12.7 Å². The molecule has 6 nitrogen and oxygen atoms in total. The highest BCUT2D eigenvalue weighted by Gasteiger charge is 2.48. The standard InChI is InChI=1S/C34H14F6N4O2/c35-33(36,37)45-22-7-1-17(2-8-22)27-29(21(15-43)16-44)28(18-3-9-23(10-4-18)46-34(38,39)40)32-25-12-6-20(14-42)26-19(13-41)5-11-24(30(25)26)31(27)32/h1-12,27,31H. The summed E-state index contributed by atoms with van der Waals surface area (Å²) in [7, 11) is 0. The number of halogens is 6. The molecule has 0 N–H and O–H groups in total. The fourth-order valence-electron chi connectivity index (χ4n) is 6.41. The molecule has 6 rings (SSSR count). The zero-order chi connectivity index (χ0) is 33.0. The van der Waals surface area contributed by atoms with Gasteiger partial charge in [0, 0.05) is 17.2 Å². The Labute approximate surface area is 256 Å². The number of hydrogen-bond donors (Lipinski definition) is 0. The van der Waals surface area contributed by atoms with Gasteiger partial charge in [-0.15, -0.1) is 26.3 Å². The Hall–Kier alpha value is -6.24. The number of nitriles is 4. The van der Waals surface area contributed by atoms with Gasteiger partial charge in [0.25, 0.3) is 0 Å². The molecule has 224 valence electrons. The molecule has 0 bridgehead atoms. The van der Waals surface area contributed by atoms with Gasteiger partial charge in [-0.2, -0.15) is 21.0 Å². The van der Waals surface area contributed by atoms with Crippen LogP contribution in [0.25, 0.3) is 21.9 Å². The highest BCUT2D eigenvalue weighted by Crippen LogP contribution is 2.65. The largest absolute Gasteiger partial charge is 0.573 e. The smallest absolute Gasteiger partial charge is 0.406 e. The summed E-state index contributed by atoms with van der Waals surface area (Å²) in [6, 6.07) is 24.3.